The predicted octanol–water partition coefficient (Wildman–Crippen LogP) is 4.08. The highest BCUT2D eigenvalue weighted by Crippen LogP contribution is 2.33. The van der Waals surface area contributed by atoms with E-state index in [9.17, 15) is 19.7 Å². The van der Waals surface area contributed by atoms with Gasteiger partial charge in [0.25, 0.3) is 11.6 Å². The van der Waals surface area contributed by atoms with Crippen LogP contribution in [-0.2, 0) is 9.53 Å². The normalized spacial score (nSPS) is 11.5. The quantitative estimate of drug-likeness (QED) is 0.421. The smallest absolute Gasteiger partial charge is 0.340 e. The molecule has 0 spiro atoms. The molecule has 7 nitrogen and oxygen atoms in total. The number of carbonyl (C=O) groups excluding carboxylic acids is 2. The highest BCUT2D eigenvalue weighted by molar-refractivity contribution is 7.99. The third-order valence-electron chi connectivity index (χ3n) is 3.44. The van der Waals surface area contributed by atoms with Crippen molar-refractivity contribution in [1.82, 2.24) is 5.32 Å². The Kier molecular flexibility index (Phi) is 7.20. The van der Waals surface area contributed by atoms with Crippen molar-refractivity contribution in [3.63, 3.8) is 0 Å². The van der Waals surface area contributed by atoms with Gasteiger partial charge in [-0.2, -0.15) is 0 Å². The first-order valence-electron chi connectivity index (χ1n) is 8.02. The summed E-state index contributed by atoms with van der Waals surface area (Å²) >= 11 is 7.10. The molecule has 1 amide bonds. The number of benzene rings is 2. The summed E-state index contributed by atoms with van der Waals surface area (Å²) in [4.78, 5) is 36.1. The molecule has 1 atom stereocenters. The summed E-state index contributed by atoms with van der Waals surface area (Å²) in [6.07, 6.45) is -1.02. The zero-order chi connectivity index (χ0) is 20.0. The number of nitrogens with one attached hydrogen (secondary N) is 1. The van der Waals surface area contributed by atoms with Crippen LogP contribution in [0.2, 0.25) is 5.02 Å². The second-order valence-electron chi connectivity index (χ2n) is 5.44. The van der Waals surface area contributed by atoms with Crippen LogP contribution in [0.5, 0.6) is 0 Å². The van der Waals surface area contributed by atoms with Gasteiger partial charge in [0.1, 0.15) is 0 Å². The highest BCUT2D eigenvalue weighted by atomic mass is 35.5. The number of hydrogen-bond donors (Lipinski definition) is 1. The van der Waals surface area contributed by atoms with Crippen LogP contribution in [-0.4, -0.2) is 29.4 Å². The average molecular weight is 409 g/mol. The van der Waals surface area contributed by atoms with Gasteiger partial charge in [0.05, 0.1) is 10.5 Å². The third kappa shape index (κ3) is 5.70. The molecule has 9 heteroatoms. The molecule has 142 valence electrons. The Bertz CT molecular complexity index is 857. The van der Waals surface area contributed by atoms with Crippen LogP contribution in [0.3, 0.4) is 0 Å². The van der Waals surface area contributed by atoms with Gasteiger partial charge in [-0.05, 0) is 44.2 Å². The number of likely N-dealkylation sites (N-methyl/N-ethyl adjacent to an activating group) is 1. The van der Waals surface area contributed by atoms with Gasteiger partial charge in [-0.3, -0.25) is 14.9 Å². The molecule has 0 aromatic heterocycles. The van der Waals surface area contributed by atoms with Gasteiger partial charge < -0.3 is 10.1 Å². The Labute approximate surface area is 165 Å². The molecule has 0 unspecified atom stereocenters. The summed E-state index contributed by atoms with van der Waals surface area (Å²) in [6.45, 7) is 3.58. The van der Waals surface area contributed by atoms with Gasteiger partial charge in [-0.25, -0.2) is 4.79 Å². The van der Waals surface area contributed by atoms with Gasteiger partial charge in [-0.15, -0.1) is 0 Å². The number of hydrogen-bond acceptors (Lipinski definition) is 6. The minimum absolute atomic E-state index is 0.0142. The first kappa shape index (κ1) is 20.7. The van der Waals surface area contributed by atoms with Gasteiger partial charge in [-0.1, -0.05) is 23.4 Å². The summed E-state index contributed by atoms with van der Waals surface area (Å²) < 4.78 is 5.17. The first-order valence-corrected chi connectivity index (χ1v) is 9.21. The molecule has 0 radical (unpaired) electrons. The van der Waals surface area contributed by atoms with Crippen molar-refractivity contribution in [3.8, 4) is 0 Å². The fourth-order valence-electron chi connectivity index (χ4n) is 2.11. The lowest BCUT2D eigenvalue weighted by Crippen LogP contribution is -2.35. The Hall–Kier alpha value is -2.58. The number of nitro benzene ring substituents is 1. The van der Waals surface area contributed by atoms with E-state index in [0.29, 0.717) is 16.5 Å². The lowest BCUT2D eigenvalue weighted by Gasteiger charge is -2.14. The minimum atomic E-state index is -1.02. The van der Waals surface area contributed by atoms with Crippen molar-refractivity contribution in [2.75, 3.05) is 6.54 Å². The number of nitrogens with zero attached hydrogens (tertiary/aromatic N) is 1. The second kappa shape index (κ2) is 9.38. The van der Waals surface area contributed by atoms with E-state index >= 15 is 0 Å². The maximum atomic E-state index is 12.5. The van der Waals surface area contributed by atoms with E-state index in [-0.39, 0.29) is 11.3 Å². The van der Waals surface area contributed by atoms with E-state index in [4.69, 9.17) is 16.3 Å². The Balaban J connectivity index is 2.31. The number of carbonyl (C=O) groups is 2. The Morgan fingerprint density at radius 1 is 1.26 bits per heavy atom. The zero-order valence-electron chi connectivity index (χ0n) is 14.6. The topological polar surface area (TPSA) is 98.5 Å². The highest BCUT2D eigenvalue weighted by Gasteiger charge is 2.23. The molecule has 0 bridgehead atoms. The molecule has 0 aliphatic heterocycles. The second-order valence-corrected chi connectivity index (χ2v) is 6.99. The molecule has 0 aliphatic rings. The molecule has 2 rings (SSSR count). The van der Waals surface area contributed by atoms with Gasteiger partial charge in [0.15, 0.2) is 6.10 Å². The van der Waals surface area contributed by atoms with E-state index in [2.05, 4.69) is 5.32 Å². The number of esters is 1. The van der Waals surface area contributed by atoms with Crippen LogP contribution in [0.1, 0.15) is 24.2 Å². The Morgan fingerprint density at radius 2 is 1.93 bits per heavy atom. The zero-order valence-corrected chi connectivity index (χ0v) is 16.2. The van der Waals surface area contributed by atoms with Crippen molar-refractivity contribution in [3.05, 3.63) is 63.2 Å². The largest absolute Gasteiger partial charge is 0.449 e. The molecule has 27 heavy (non-hydrogen) atoms. The van der Waals surface area contributed by atoms with Crippen LogP contribution < -0.4 is 5.32 Å². The van der Waals surface area contributed by atoms with E-state index in [1.165, 1.54) is 30.8 Å². The maximum absolute atomic E-state index is 12.5. The number of ether oxygens (including phenoxy) is 1. The van der Waals surface area contributed by atoms with E-state index in [1.54, 1.807) is 31.2 Å². The monoisotopic (exact) mass is 408 g/mol. The number of nitro groups is 1. The van der Waals surface area contributed by atoms with Crippen molar-refractivity contribution in [2.45, 2.75) is 29.7 Å². The lowest BCUT2D eigenvalue weighted by molar-refractivity contribution is -0.384. The fourth-order valence-corrected chi connectivity index (χ4v) is 3.15. The van der Waals surface area contributed by atoms with E-state index < -0.39 is 22.9 Å². The Morgan fingerprint density at radius 3 is 2.52 bits per heavy atom. The van der Waals surface area contributed by atoms with Crippen LogP contribution >= 0.6 is 23.4 Å². The third-order valence-corrected chi connectivity index (χ3v) is 4.78. The molecular weight excluding hydrogens is 392 g/mol. The van der Waals surface area contributed by atoms with Crippen LogP contribution in [0.25, 0.3) is 0 Å². The van der Waals surface area contributed by atoms with Gasteiger partial charge in [0, 0.05) is 33.5 Å². The molecular formula is C18H17ClN2O5S. The molecule has 0 aliphatic carbocycles. The molecule has 0 saturated carbocycles. The lowest BCUT2D eigenvalue weighted by atomic mass is 10.2. The van der Waals surface area contributed by atoms with Crippen LogP contribution in [0, 0.1) is 10.1 Å². The van der Waals surface area contributed by atoms with Crippen LogP contribution in [0.4, 0.5) is 5.69 Å². The number of halogens is 1. The first-order chi connectivity index (χ1) is 12.8. The van der Waals surface area contributed by atoms with E-state index in [0.717, 1.165) is 11.0 Å². The molecule has 0 saturated heterocycles. The summed E-state index contributed by atoms with van der Waals surface area (Å²) in [5.74, 6) is -1.25. The summed E-state index contributed by atoms with van der Waals surface area (Å²) in [6, 6.07) is 10.9. The molecule has 0 heterocycles. The maximum Gasteiger partial charge on any atom is 0.340 e. The number of non-ortho nitro benzene ring substituents is 1. The molecule has 0 fully saturated rings. The van der Waals surface area contributed by atoms with Gasteiger partial charge in [0.2, 0.25) is 0 Å². The minimum Gasteiger partial charge on any atom is -0.449 e. The molecule has 2 aromatic rings. The van der Waals surface area contributed by atoms with Crippen molar-refractivity contribution in [1.29, 1.82) is 0 Å². The van der Waals surface area contributed by atoms with Crippen molar-refractivity contribution in [2.24, 2.45) is 0 Å². The van der Waals surface area contributed by atoms with Crippen molar-refractivity contribution < 1.29 is 19.2 Å². The summed E-state index contributed by atoms with van der Waals surface area (Å²) in [5.41, 5.74) is -0.228. The van der Waals surface area contributed by atoms with Gasteiger partial charge >= 0.3 is 5.97 Å². The van der Waals surface area contributed by atoms with Crippen molar-refractivity contribution >= 4 is 40.9 Å². The van der Waals surface area contributed by atoms with Crippen LogP contribution in [0.15, 0.2) is 52.3 Å². The fraction of sp³-hybridized carbons (Fsp3) is 0.222. The summed E-state index contributed by atoms with van der Waals surface area (Å²) in [5, 5.41) is 14.2. The van der Waals surface area contributed by atoms with E-state index in [1.807, 2.05) is 0 Å². The predicted molar refractivity (Wildman–Crippen MR) is 102 cm³/mol. The molecule has 2 aromatic carbocycles. The number of rotatable bonds is 7. The number of amides is 1. The summed E-state index contributed by atoms with van der Waals surface area (Å²) in [7, 11) is 0. The SMILES string of the molecule is CCNC(=O)[C@H](C)OC(=O)c1cc([N+](=O)[O-])ccc1Sc1ccc(Cl)cc1. The molecule has 1 N–H and O–H groups in total. The standard InChI is InChI=1S/C18H17ClN2O5S/c1-3-20-17(22)11(2)26-18(23)15-10-13(21(24)25)6-9-16(15)27-14-7-4-12(19)5-8-14/h4-11H,3H2,1-2H3,(H,20,22)/t11-/m0/s1. The average Bonchev–Trinajstić information content (AvgIpc) is 2.63.